The molecule has 1 aliphatic heterocycles. The minimum absolute atomic E-state index is 0.0902. The molecule has 6 nitrogen and oxygen atoms in total. The van der Waals surface area contributed by atoms with Gasteiger partial charge in [0.05, 0.1) is 0 Å². The standard InChI is InChI=1S/C13H23N5O/c1-8-7-18(9(2)6-14-8)11(19)10-15-12(17-16-10)13(3,4)5/h8-9,14H,6-7H2,1-5H3,(H,15,16,17). The predicted molar refractivity (Wildman–Crippen MR) is 73.0 cm³/mol. The highest BCUT2D eigenvalue weighted by Crippen LogP contribution is 2.18. The number of carbonyl (C=O) groups is 1. The molecule has 2 atom stereocenters. The average Bonchev–Trinajstić information content (AvgIpc) is 2.80. The van der Waals surface area contributed by atoms with E-state index in [1.165, 1.54) is 0 Å². The third-order valence-electron chi connectivity index (χ3n) is 3.41. The van der Waals surface area contributed by atoms with E-state index in [0.717, 1.165) is 12.4 Å². The lowest BCUT2D eigenvalue weighted by molar-refractivity contribution is 0.0604. The van der Waals surface area contributed by atoms with Crippen LogP contribution in [0.2, 0.25) is 0 Å². The molecule has 1 aromatic heterocycles. The Bertz CT molecular complexity index is 462. The van der Waals surface area contributed by atoms with Crippen molar-refractivity contribution < 1.29 is 4.79 Å². The van der Waals surface area contributed by atoms with E-state index in [2.05, 4.69) is 27.4 Å². The summed E-state index contributed by atoms with van der Waals surface area (Å²) in [7, 11) is 0. The normalized spacial score (nSPS) is 24.6. The van der Waals surface area contributed by atoms with Crippen LogP contribution in [0.4, 0.5) is 0 Å². The van der Waals surface area contributed by atoms with Crippen LogP contribution in [-0.4, -0.2) is 51.2 Å². The second-order valence-electron chi connectivity index (χ2n) is 6.37. The van der Waals surface area contributed by atoms with Gasteiger partial charge in [-0.1, -0.05) is 20.8 Å². The van der Waals surface area contributed by atoms with E-state index in [4.69, 9.17) is 0 Å². The first kappa shape index (κ1) is 14.0. The van der Waals surface area contributed by atoms with Gasteiger partial charge in [0.25, 0.3) is 5.91 Å². The summed E-state index contributed by atoms with van der Waals surface area (Å²) < 4.78 is 0. The molecule has 1 aromatic rings. The molecule has 2 N–H and O–H groups in total. The van der Waals surface area contributed by atoms with Crippen molar-refractivity contribution in [1.29, 1.82) is 0 Å². The molecule has 0 spiro atoms. The predicted octanol–water partition coefficient (Wildman–Crippen LogP) is 0.925. The van der Waals surface area contributed by atoms with Gasteiger partial charge in [-0.25, -0.2) is 4.98 Å². The van der Waals surface area contributed by atoms with E-state index in [1.807, 2.05) is 32.6 Å². The summed E-state index contributed by atoms with van der Waals surface area (Å²) in [5, 5.41) is 10.3. The number of nitrogens with one attached hydrogen (secondary N) is 2. The van der Waals surface area contributed by atoms with Crippen LogP contribution in [0.3, 0.4) is 0 Å². The summed E-state index contributed by atoms with van der Waals surface area (Å²) in [6.45, 7) is 11.7. The van der Waals surface area contributed by atoms with E-state index < -0.39 is 0 Å². The Kier molecular flexibility index (Phi) is 3.62. The highest BCUT2D eigenvalue weighted by Gasteiger charge is 2.30. The number of H-pyrrole nitrogens is 1. The molecule has 19 heavy (non-hydrogen) atoms. The average molecular weight is 265 g/mol. The number of aromatic nitrogens is 3. The summed E-state index contributed by atoms with van der Waals surface area (Å²) in [6, 6.07) is 0.474. The molecule has 1 aliphatic rings. The van der Waals surface area contributed by atoms with Crippen molar-refractivity contribution in [3.8, 4) is 0 Å². The summed E-state index contributed by atoms with van der Waals surface area (Å²) in [5.41, 5.74) is -0.131. The number of nitrogens with zero attached hydrogens (tertiary/aromatic N) is 3. The van der Waals surface area contributed by atoms with Gasteiger partial charge in [-0.3, -0.25) is 9.89 Å². The summed E-state index contributed by atoms with van der Waals surface area (Å²) in [4.78, 5) is 18.6. The first-order valence-corrected chi connectivity index (χ1v) is 6.76. The Balaban J connectivity index is 2.17. The molecule has 0 aromatic carbocycles. The third kappa shape index (κ3) is 2.94. The number of rotatable bonds is 1. The van der Waals surface area contributed by atoms with Crippen molar-refractivity contribution in [2.75, 3.05) is 13.1 Å². The van der Waals surface area contributed by atoms with Crippen molar-refractivity contribution in [3.05, 3.63) is 11.6 Å². The lowest BCUT2D eigenvalue weighted by Gasteiger charge is -2.36. The molecular formula is C13H23N5O. The van der Waals surface area contributed by atoms with Crippen LogP contribution in [0.5, 0.6) is 0 Å². The van der Waals surface area contributed by atoms with Gasteiger partial charge < -0.3 is 10.2 Å². The second-order valence-corrected chi connectivity index (χ2v) is 6.37. The molecule has 1 saturated heterocycles. The van der Waals surface area contributed by atoms with Crippen molar-refractivity contribution in [2.24, 2.45) is 0 Å². The zero-order valence-corrected chi connectivity index (χ0v) is 12.3. The van der Waals surface area contributed by atoms with Gasteiger partial charge in [0.2, 0.25) is 5.82 Å². The molecule has 0 saturated carbocycles. The van der Waals surface area contributed by atoms with Gasteiger partial charge >= 0.3 is 0 Å². The molecular weight excluding hydrogens is 242 g/mol. The number of amides is 1. The molecule has 0 bridgehead atoms. The topological polar surface area (TPSA) is 73.9 Å². The Hall–Kier alpha value is -1.43. The number of aromatic amines is 1. The van der Waals surface area contributed by atoms with Crippen molar-refractivity contribution in [3.63, 3.8) is 0 Å². The molecule has 0 radical (unpaired) electrons. The minimum atomic E-state index is -0.131. The fraction of sp³-hybridized carbons (Fsp3) is 0.769. The maximum atomic E-state index is 12.4. The van der Waals surface area contributed by atoms with Gasteiger partial charge in [-0.05, 0) is 13.8 Å². The number of carbonyl (C=O) groups excluding carboxylic acids is 1. The van der Waals surface area contributed by atoms with E-state index in [1.54, 1.807) is 0 Å². The molecule has 6 heteroatoms. The van der Waals surface area contributed by atoms with Crippen LogP contribution >= 0.6 is 0 Å². The van der Waals surface area contributed by atoms with Gasteiger partial charge in [-0.2, -0.15) is 0 Å². The van der Waals surface area contributed by atoms with E-state index in [9.17, 15) is 4.79 Å². The fourth-order valence-corrected chi connectivity index (χ4v) is 2.13. The van der Waals surface area contributed by atoms with Crippen molar-refractivity contribution in [1.82, 2.24) is 25.4 Å². The highest BCUT2D eigenvalue weighted by molar-refractivity contribution is 5.90. The van der Waals surface area contributed by atoms with Crippen LogP contribution in [0.25, 0.3) is 0 Å². The van der Waals surface area contributed by atoms with E-state index in [-0.39, 0.29) is 23.2 Å². The summed E-state index contributed by atoms with van der Waals surface area (Å²) in [5.74, 6) is 0.921. The molecule has 1 fully saturated rings. The van der Waals surface area contributed by atoms with Crippen LogP contribution in [-0.2, 0) is 5.41 Å². The van der Waals surface area contributed by atoms with Crippen LogP contribution in [0.1, 0.15) is 51.1 Å². The Morgan fingerprint density at radius 3 is 2.63 bits per heavy atom. The quantitative estimate of drug-likeness (QED) is 0.792. The van der Waals surface area contributed by atoms with Gasteiger partial charge in [-0.15, -0.1) is 5.10 Å². The maximum absolute atomic E-state index is 12.4. The second kappa shape index (κ2) is 4.92. The van der Waals surface area contributed by atoms with Crippen molar-refractivity contribution >= 4 is 5.91 Å². The van der Waals surface area contributed by atoms with Crippen LogP contribution in [0.15, 0.2) is 0 Å². The van der Waals surface area contributed by atoms with Crippen LogP contribution < -0.4 is 5.32 Å². The largest absolute Gasteiger partial charge is 0.330 e. The van der Waals surface area contributed by atoms with Gasteiger partial charge in [0.15, 0.2) is 0 Å². The first-order valence-electron chi connectivity index (χ1n) is 6.76. The third-order valence-corrected chi connectivity index (χ3v) is 3.41. The molecule has 2 heterocycles. The molecule has 1 amide bonds. The van der Waals surface area contributed by atoms with Crippen LogP contribution in [0, 0.1) is 0 Å². The smallest absolute Gasteiger partial charge is 0.293 e. The molecule has 2 unspecified atom stereocenters. The summed E-state index contributed by atoms with van der Waals surface area (Å²) in [6.07, 6.45) is 0. The minimum Gasteiger partial charge on any atom is -0.330 e. The van der Waals surface area contributed by atoms with E-state index in [0.29, 0.717) is 12.6 Å². The van der Waals surface area contributed by atoms with E-state index >= 15 is 0 Å². The molecule has 0 aliphatic carbocycles. The fourth-order valence-electron chi connectivity index (χ4n) is 2.13. The lowest BCUT2D eigenvalue weighted by Crippen LogP contribution is -2.56. The maximum Gasteiger partial charge on any atom is 0.293 e. The Labute approximate surface area is 114 Å². The number of hydrogen-bond acceptors (Lipinski definition) is 4. The van der Waals surface area contributed by atoms with Crippen molar-refractivity contribution in [2.45, 2.75) is 52.1 Å². The SMILES string of the molecule is CC1CN(C(=O)c2n[nH]c(C(C)(C)C)n2)C(C)CN1. The molecule has 106 valence electrons. The Morgan fingerprint density at radius 2 is 2.05 bits per heavy atom. The number of piperazine rings is 1. The number of hydrogen-bond donors (Lipinski definition) is 2. The summed E-state index contributed by atoms with van der Waals surface area (Å²) >= 11 is 0. The monoisotopic (exact) mass is 265 g/mol. The lowest BCUT2D eigenvalue weighted by atomic mass is 9.96. The first-order chi connectivity index (χ1) is 8.79. The molecule has 2 rings (SSSR count). The highest BCUT2D eigenvalue weighted by atomic mass is 16.2. The van der Waals surface area contributed by atoms with Gasteiger partial charge in [0.1, 0.15) is 5.82 Å². The van der Waals surface area contributed by atoms with Gasteiger partial charge in [0, 0.05) is 30.6 Å². The Morgan fingerprint density at radius 1 is 1.37 bits per heavy atom. The zero-order valence-electron chi connectivity index (χ0n) is 12.3. The zero-order chi connectivity index (χ0) is 14.2.